The Kier molecular flexibility index (Phi) is 13.3. The van der Waals surface area contributed by atoms with E-state index in [1.807, 2.05) is 0 Å². The quantitative estimate of drug-likeness (QED) is 0.170. The van der Waals surface area contributed by atoms with Crippen molar-refractivity contribution in [2.45, 2.75) is 32.5 Å². The SMILES string of the molecule is CCOC(Cc1ccc(OCCN(CCCOCc2cc(Cl)cc(Cl)c2)C(=O)Nc2ccc(F)cc2F)cc1)C(=O)O. The zero-order valence-electron chi connectivity index (χ0n) is 23.0. The zero-order chi connectivity index (χ0) is 30.5. The van der Waals surface area contributed by atoms with E-state index >= 15 is 0 Å². The largest absolute Gasteiger partial charge is 0.492 e. The van der Waals surface area contributed by atoms with Crippen LogP contribution in [-0.2, 0) is 27.3 Å². The van der Waals surface area contributed by atoms with E-state index in [1.54, 1.807) is 49.4 Å². The molecule has 2 N–H and O–H groups in total. The van der Waals surface area contributed by atoms with Gasteiger partial charge < -0.3 is 29.5 Å². The van der Waals surface area contributed by atoms with E-state index in [0.29, 0.717) is 41.5 Å². The third-order valence-electron chi connectivity index (χ3n) is 5.99. The van der Waals surface area contributed by atoms with Crippen LogP contribution in [0.3, 0.4) is 0 Å². The molecule has 0 bridgehead atoms. The number of hydrogen-bond donors (Lipinski definition) is 2. The lowest BCUT2D eigenvalue weighted by molar-refractivity contribution is -0.149. The van der Waals surface area contributed by atoms with Crippen molar-refractivity contribution in [1.82, 2.24) is 4.90 Å². The summed E-state index contributed by atoms with van der Waals surface area (Å²) in [5.41, 5.74) is 1.43. The maximum absolute atomic E-state index is 14.1. The Hall–Kier alpha value is -3.44. The number of rotatable bonds is 16. The molecule has 1 atom stereocenters. The Bertz CT molecular complexity index is 1310. The van der Waals surface area contributed by atoms with Gasteiger partial charge in [0.15, 0.2) is 6.10 Å². The number of carbonyl (C=O) groups is 2. The summed E-state index contributed by atoms with van der Waals surface area (Å²) in [5.74, 6) is -2.15. The zero-order valence-corrected chi connectivity index (χ0v) is 24.5. The van der Waals surface area contributed by atoms with Gasteiger partial charge in [0.25, 0.3) is 0 Å². The number of halogens is 4. The van der Waals surface area contributed by atoms with Crippen molar-refractivity contribution >= 4 is 40.9 Å². The van der Waals surface area contributed by atoms with Gasteiger partial charge in [-0.05, 0) is 66.9 Å². The van der Waals surface area contributed by atoms with Crippen LogP contribution in [0.15, 0.2) is 60.7 Å². The molecule has 8 nitrogen and oxygen atoms in total. The van der Waals surface area contributed by atoms with Crippen LogP contribution in [0.1, 0.15) is 24.5 Å². The average Bonchev–Trinajstić information content (AvgIpc) is 2.93. The van der Waals surface area contributed by atoms with Gasteiger partial charge in [-0.2, -0.15) is 0 Å². The van der Waals surface area contributed by atoms with Gasteiger partial charge in [0.1, 0.15) is 24.0 Å². The minimum atomic E-state index is -1.03. The van der Waals surface area contributed by atoms with Crippen LogP contribution in [0.25, 0.3) is 0 Å². The predicted octanol–water partition coefficient (Wildman–Crippen LogP) is 6.82. The van der Waals surface area contributed by atoms with E-state index in [1.165, 1.54) is 4.90 Å². The summed E-state index contributed by atoms with van der Waals surface area (Å²) in [6.07, 6.45) is -0.261. The molecule has 1 unspecified atom stereocenters. The van der Waals surface area contributed by atoms with Crippen LogP contribution >= 0.6 is 23.2 Å². The topological polar surface area (TPSA) is 97.3 Å². The van der Waals surface area contributed by atoms with E-state index < -0.39 is 29.7 Å². The Morgan fingerprint density at radius 2 is 1.67 bits per heavy atom. The lowest BCUT2D eigenvalue weighted by Crippen LogP contribution is -2.39. The van der Waals surface area contributed by atoms with Crippen molar-refractivity contribution < 1.29 is 37.7 Å². The maximum Gasteiger partial charge on any atom is 0.333 e. The Balaban J connectivity index is 1.55. The number of benzene rings is 3. The number of amides is 2. The molecule has 0 heterocycles. The molecular formula is C30H32Cl2F2N2O6. The monoisotopic (exact) mass is 624 g/mol. The number of nitrogens with zero attached hydrogens (tertiary/aromatic N) is 1. The summed E-state index contributed by atoms with van der Waals surface area (Å²) in [6.45, 7) is 3.17. The van der Waals surface area contributed by atoms with Crippen LogP contribution in [-0.4, -0.2) is 61.0 Å². The summed E-state index contributed by atoms with van der Waals surface area (Å²) < 4.78 is 44.2. The van der Waals surface area contributed by atoms with Gasteiger partial charge in [0.2, 0.25) is 0 Å². The molecule has 12 heteroatoms. The maximum atomic E-state index is 14.1. The highest BCUT2D eigenvalue weighted by Crippen LogP contribution is 2.20. The van der Waals surface area contributed by atoms with E-state index in [0.717, 1.165) is 23.3 Å². The van der Waals surface area contributed by atoms with Gasteiger partial charge in [0.05, 0.1) is 18.8 Å². The van der Waals surface area contributed by atoms with Gasteiger partial charge in [-0.3, -0.25) is 0 Å². The number of aliphatic carboxylic acids is 1. The smallest absolute Gasteiger partial charge is 0.333 e. The first kappa shape index (κ1) is 33.1. The molecule has 0 aromatic heterocycles. The average molecular weight is 625 g/mol. The Morgan fingerprint density at radius 1 is 0.952 bits per heavy atom. The number of hydrogen-bond acceptors (Lipinski definition) is 5. The fourth-order valence-electron chi connectivity index (χ4n) is 3.97. The first-order valence-electron chi connectivity index (χ1n) is 13.2. The minimum absolute atomic E-state index is 0.122. The molecule has 42 heavy (non-hydrogen) atoms. The second-order valence-electron chi connectivity index (χ2n) is 9.20. The molecule has 0 aliphatic rings. The van der Waals surface area contributed by atoms with Gasteiger partial charge in [0, 0.05) is 42.3 Å². The second-order valence-corrected chi connectivity index (χ2v) is 10.1. The van der Waals surface area contributed by atoms with Gasteiger partial charge in [-0.15, -0.1) is 0 Å². The number of ether oxygens (including phenoxy) is 3. The van der Waals surface area contributed by atoms with Crippen molar-refractivity contribution in [3.8, 4) is 5.75 Å². The van der Waals surface area contributed by atoms with Crippen LogP contribution in [0, 0.1) is 11.6 Å². The fraction of sp³-hybridized carbons (Fsp3) is 0.333. The number of nitrogens with one attached hydrogen (secondary N) is 1. The standard InChI is InChI=1S/C30H32Cl2F2N2O6/c1-2-41-28(29(37)38)16-20-4-7-25(8-5-20)42-13-11-36(30(39)35-27-9-6-24(33)18-26(27)34)10-3-12-40-19-21-14-22(31)17-23(32)15-21/h4-9,14-15,17-18,28H,2-3,10-13,16,19H2,1H3,(H,35,39)(H,37,38). The van der Waals surface area contributed by atoms with Crippen molar-refractivity contribution in [3.05, 3.63) is 93.5 Å². The third-order valence-corrected chi connectivity index (χ3v) is 6.42. The van der Waals surface area contributed by atoms with Crippen LogP contribution in [0.4, 0.5) is 19.3 Å². The number of anilines is 1. The molecule has 3 aromatic rings. The van der Waals surface area contributed by atoms with Crippen LogP contribution < -0.4 is 10.1 Å². The second kappa shape index (κ2) is 16.9. The van der Waals surface area contributed by atoms with Crippen molar-refractivity contribution in [2.75, 3.05) is 38.2 Å². The first-order valence-corrected chi connectivity index (χ1v) is 14.0. The number of carboxylic acids is 1. The molecule has 0 saturated carbocycles. The molecule has 3 aromatic carbocycles. The summed E-state index contributed by atoms with van der Waals surface area (Å²) in [4.78, 5) is 25.7. The molecule has 226 valence electrons. The molecule has 0 fully saturated rings. The molecule has 2 amide bonds. The molecule has 3 rings (SSSR count). The summed E-state index contributed by atoms with van der Waals surface area (Å²) in [6, 6.07) is 14.3. The van der Waals surface area contributed by atoms with Crippen molar-refractivity contribution in [2.24, 2.45) is 0 Å². The summed E-state index contributed by atoms with van der Waals surface area (Å²) >= 11 is 12.0. The molecule has 0 aliphatic carbocycles. The molecule has 0 spiro atoms. The van der Waals surface area contributed by atoms with Gasteiger partial charge >= 0.3 is 12.0 Å². The van der Waals surface area contributed by atoms with E-state index in [4.69, 9.17) is 37.4 Å². The van der Waals surface area contributed by atoms with E-state index in [2.05, 4.69) is 5.32 Å². The van der Waals surface area contributed by atoms with E-state index in [-0.39, 0.29) is 38.4 Å². The summed E-state index contributed by atoms with van der Waals surface area (Å²) in [7, 11) is 0. The highest BCUT2D eigenvalue weighted by Gasteiger charge is 2.18. The fourth-order valence-corrected chi connectivity index (χ4v) is 4.54. The molecule has 0 radical (unpaired) electrons. The third kappa shape index (κ3) is 11.1. The van der Waals surface area contributed by atoms with Gasteiger partial charge in [-0.1, -0.05) is 35.3 Å². The molecule has 0 saturated heterocycles. The minimum Gasteiger partial charge on any atom is -0.492 e. The van der Waals surface area contributed by atoms with E-state index in [9.17, 15) is 23.5 Å². The van der Waals surface area contributed by atoms with Crippen LogP contribution in [0.2, 0.25) is 10.0 Å². The molecular weight excluding hydrogens is 593 g/mol. The number of urea groups is 1. The lowest BCUT2D eigenvalue weighted by atomic mass is 10.1. The normalized spacial score (nSPS) is 11.6. The highest BCUT2D eigenvalue weighted by atomic mass is 35.5. The van der Waals surface area contributed by atoms with Crippen molar-refractivity contribution in [1.29, 1.82) is 0 Å². The number of carbonyl (C=O) groups excluding carboxylic acids is 1. The molecule has 0 aliphatic heterocycles. The Labute approximate surface area is 253 Å². The van der Waals surface area contributed by atoms with Gasteiger partial charge in [-0.25, -0.2) is 18.4 Å². The Morgan fingerprint density at radius 3 is 2.31 bits per heavy atom. The summed E-state index contributed by atoms with van der Waals surface area (Å²) in [5, 5.41) is 12.7. The van der Waals surface area contributed by atoms with Crippen LogP contribution in [0.5, 0.6) is 5.75 Å². The number of carboxylic acid groups (broad SMARTS) is 1. The first-order chi connectivity index (χ1) is 20.1. The lowest BCUT2D eigenvalue weighted by Gasteiger charge is -2.23. The highest BCUT2D eigenvalue weighted by molar-refractivity contribution is 6.34. The van der Waals surface area contributed by atoms with Crippen molar-refractivity contribution in [3.63, 3.8) is 0 Å². The predicted molar refractivity (Wildman–Crippen MR) is 156 cm³/mol.